The Morgan fingerprint density at radius 2 is 2.06 bits per heavy atom. The third-order valence-electron chi connectivity index (χ3n) is 3.07. The molecule has 0 aromatic heterocycles. The van der Waals surface area contributed by atoms with Crippen molar-refractivity contribution in [2.45, 2.75) is 50.6 Å². The number of halogens is 1. The molecule has 0 heterocycles. The Hall–Kier alpha value is -0.580. The summed E-state index contributed by atoms with van der Waals surface area (Å²) in [4.78, 5) is 11.6. The van der Waals surface area contributed by atoms with E-state index in [0.717, 1.165) is 32.1 Å². The van der Waals surface area contributed by atoms with Crippen LogP contribution < -0.4 is 11.1 Å². The van der Waals surface area contributed by atoms with Crippen LogP contribution in [-0.2, 0) is 9.53 Å². The first kappa shape index (κ1) is 17.4. The second-order valence-corrected chi connectivity index (χ2v) is 4.65. The maximum Gasteiger partial charge on any atom is 0.220 e. The molecule has 0 aromatic carbocycles. The Labute approximate surface area is 116 Å². The summed E-state index contributed by atoms with van der Waals surface area (Å²) in [5.41, 5.74) is 5.82. The van der Waals surface area contributed by atoms with Gasteiger partial charge in [-0.2, -0.15) is 0 Å². The molecule has 0 atom stereocenters. The lowest BCUT2D eigenvalue weighted by molar-refractivity contribution is -0.122. The van der Waals surface area contributed by atoms with E-state index in [1.807, 2.05) is 0 Å². The van der Waals surface area contributed by atoms with E-state index in [0.29, 0.717) is 31.7 Å². The molecule has 0 aliphatic heterocycles. The van der Waals surface area contributed by atoms with Crippen LogP contribution in [0.15, 0.2) is 12.7 Å². The van der Waals surface area contributed by atoms with E-state index in [9.17, 15) is 4.79 Å². The highest BCUT2D eigenvalue weighted by Gasteiger charge is 2.19. The number of nitrogens with two attached hydrogens (primary N) is 1. The van der Waals surface area contributed by atoms with Gasteiger partial charge in [0.1, 0.15) is 0 Å². The molecule has 1 fully saturated rings. The molecule has 3 N–H and O–H groups in total. The summed E-state index contributed by atoms with van der Waals surface area (Å²) in [6, 6.07) is 0.659. The van der Waals surface area contributed by atoms with E-state index >= 15 is 0 Å². The highest BCUT2D eigenvalue weighted by atomic mass is 35.5. The van der Waals surface area contributed by atoms with Crippen LogP contribution >= 0.6 is 12.4 Å². The van der Waals surface area contributed by atoms with Gasteiger partial charge in [0.15, 0.2) is 0 Å². The van der Waals surface area contributed by atoms with Crippen molar-refractivity contribution in [2.75, 3.05) is 13.2 Å². The van der Waals surface area contributed by atoms with Crippen LogP contribution in [0.25, 0.3) is 0 Å². The summed E-state index contributed by atoms with van der Waals surface area (Å²) in [5, 5.41) is 3.06. The van der Waals surface area contributed by atoms with Gasteiger partial charge in [-0.05, 0) is 32.1 Å². The normalized spacial score (nSPS) is 22.9. The number of nitrogens with one attached hydrogen (secondary N) is 1. The van der Waals surface area contributed by atoms with Gasteiger partial charge in [0, 0.05) is 25.1 Å². The highest BCUT2D eigenvalue weighted by molar-refractivity contribution is 5.85. The largest absolute Gasteiger partial charge is 0.377 e. The molecule has 1 aliphatic carbocycles. The summed E-state index contributed by atoms with van der Waals surface area (Å²) < 4.78 is 5.22. The van der Waals surface area contributed by atoms with Crippen molar-refractivity contribution in [1.29, 1.82) is 0 Å². The molecule has 18 heavy (non-hydrogen) atoms. The second-order valence-electron chi connectivity index (χ2n) is 4.65. The summed E-state index contributed by atoms with van der Waals surface area (Å²) in [5.74, 6) is 0.132. The number of amides is 1. The van der Waals surface area contributed by atoms with E-state index in [4.69, 9.17) is 10.5 Å². The third-order valence-corrected chi connectivity index (χ3v) is 3.07. The van der Waals surface area contributed by atoms with Gasteiger partial charge >= 0.3 is 0 Å². The molecular weight excluding hydrogens is 252 g/mol. The molecular formula is C13H25ClN2O2. The van der Waals surface area contributed by atoms with Crippen molar-refractivity contribution in [3.8, 4) is 0 Å². The van der Waals surface area contributed by atoms with Crippen molar-refractivity contribution < 1.29 is 9.53 Å². The molecule has 0 spiro atoms. The minimum absolute atomic E-state index is 0. The minimum Gasteiger partial charge on any atom is -0.377 e. The maximum absolute atomic E-state index is 11.6. The van der Waals surface area contributed by atoms with E-state index in [1.165, 1.54) is 0 Å². The van der Waals surface area contributed by atoms with Crippen LogP contribution in [0.4, 0.5) is 0 Å². The summed E-state index contributed by atoms with van der Waals surface area (Å²) >= 11 is 0. The maximum atomic E-state index is 11.6. The van der Waals surface area contributed by atoms with Gasteiger partial charge in [-0.3, -0.25) is 4.79 Å². The number of ether oxygens (including phenoxy) is 1. The predicted molar refractivity (Wildman–Crippen MR) is 75.9 cm³/mol. The monoisotopic (exact) mass is 276 g/mol. The highest BCUT2D eigenvalue weighted by Crippen LogP contribution is 2.16. The predicted octanol–water partition coefficient (Wildman–Crippen LogP) is 1.78. The standard InChI is InChI=1S/C13H24N2O2.ClH/c1-2-9-17-10-3-4-13(16)15-12-7-5-11(14)6-8-12;/h2,11-12H,1,3-10,14H2,(H,15,16);1H. The van der Waals surface area contributed by atoms with E-state index in [-0.39, 0.29) is 18.3 Å². The quantitative estimate of drug-likeness (QED) is 0.550. The van der Waals surface area contributed by atoms with Crippen LogP contribution in [0.1, 0.15) is 38.5 Å². The minimum atomic E-state index is 0. The molecule has 1 aliphatic rings. The number of rotatable bonds is 7. The Morgan fingerprint density at radius 3 is 2.67 bits per heavy atom. The number of hydrogen-bond donors (Lipinski definition) is 2. The van der Waals surface area contributed by atoms with Crippen molar-refractivity contribution in [2.24, 2.45) is 5.73 Å². The van der Waals surface area contributed by atoms with E-state index < -0.39 is 0 Å². The van der Waals surface area contributed by atoms with E-state index in [2.05, 4.69) is 11.9 Å². The second kappa shape index (κ2) is 10.4. The zero-order chi connectivity index (χ0) is 12.5. The Balaban J connectivity index is 0.00000289. The topological polar surface area (TPSA) is 64.3 Å². The van der Waals surface area contributed by atoms with Gasteiger partial charge < -0.3 is 15.8 Å². The zero-order valence-electron chi connectivity index (χ0n) is 10.9. The molecule has 0 bridgehead atoms. The average Bonchev–Trinajstić information content (AvgIpc) is 2.32. The molecule has 1 rings (SSSR count). The van der Waals surface area contributed by atoms with Gasteiger partial charge in [0.05, 0.1) is 6.61 Å². The average molecular weight is 277 g/mol. The SMILES string of the molecule is C=CCOCCCC(=O)NC1CCC(N)CC1.Cl. The number of carbonyl (C=O) groups excluding carboxylic acids is 1. The Morgan fingerprint density at radius 1 is 1.39 bits per heavy atom. The molecule has 106 valence electrons. The lowest BCUT2D eigenvalue weighted by Gasteiger charge is -2.26. The number of hydrogen-bond acceptors (Lipinski definition) is 3. The van der Waals surface area contributed by atoms with Gasteiger partial charge in [0.2, 0.25) is 5.91 Å². The van der Waals surface area contributed by atoms with Gasteiger partial charge in [-0.15, -0.1) is 19.0 Å². The van der Waals surface area contributed by atoms with Crippen LogP contribution in [0, 0.1) is 0 Å². The molecule has 0 unspecified atom stereocenters. The fourth-order valence-corrected chi connectivity index (χ4v) is 2.06. The fourth-order valence-electron chi connectivity index (χ4n) is 2.06. The smallest absolute Gasteiger partial charge is 0.220 e. The van der Waals surface area contributed by atoms with Gasteiger partial charge in [-0.1, -0.05) is 6.08 Å². The molecule has 5 heteroatoms. The van der Waals surface area contributed by atoms with Crippen LogP contribution in [-0.4, -0.2) is 31.2 Å². The first-order chi connectivity index (χ1) is 8.22. The Bertz CT molecular complexity index is 241. The first-order valence-electron chi connectivity index (χ1n) is 6.46. The van der Waals surface area contributed by atoms with Crippen molar-refractivity contribution in [3.05, 3.63) is 12.7 Å². The summed E-state index contributed by atoms with van der Waals surface area (Å²) in [6.45, 7) is 4.74. The summed E-state index contributed by atoms with van der Waals surface area (Å²) in [7, 11) is 0. The lowest BCUT2D eigenvalue weighted by Crippen LogP contribution is -2.40. The fraction of sp³-hybridized carbons (Fsp3) is 0.769. The van der Waals surface area contributed by atoms with Crippen molar-refractivity contribution in [1.82, 2.24) is 5.32 Å². The third kappa shape index (κ3) is 7.69. The molecule has 1 saturated carbocycles. The van der Waals surface area contributed by atoms with Crippen molar-refractivity contribution >= 4 is 18.3 Å². The molecule has 0 radical (unpaired) electrons. The van der Waals surface area contributed by atoms with E-state index in [1.54, 1.807) is 6.08 Å². The van der Waals surface area contributed by atoms with Crippen LogP contribution in [0.2, 0.25) is 0 Å². The molecule has 0 aromatic rings. The first-order valence-corrected chi connectivity index (χ1v) is 6.46. The van der Waals surface area contributed by atoms with Gasteiger partial charge in [-0.25, -0.2) is 0 Å². The zero-order valence-corrected chi connectivity index (χ0v) is 11.7. The molecule has 4 nitrogen and oxygen atoms in total. The summed E-state index contributed by atoms with van der Waals surface area (Å²) in [6.07, 6.45) is 7.09. The lowest BCUT2D eigenvalue weighted by atomic mass is 9.92. The van der Waals surface area contributed by atoms with Gasteiger partial charge in [0.25, 0.3) is 0 Å². The molecule has 0 saturated heterocycles. The van der Waals surface area contributed by atoms with Crippen LogP contribution in [0.3, 0.4) is 0 Å². The van der Waals surface area contributed by atoms with Crippen LogP contribution in [0.5, 0.6) is 0 Å². The Kier molecular flexibility index (Phi) is 10.0. The molecule has 1 amide bonds. The number of carbonyl (C=O) groups is 1. The van der Waals surface area contributed by atoms with Crippen molar-refractivity contribution in [3.63, 3.8) is 0 Å².